The predicted octanol–water partition coefficient (Wildman–Crippen LogP) is 7.13. The van der Waals surface area contributed by atoms with Crippen LogP contribution < -0.4 is 14.4 Å². The Morgan fingerprint density at radius 2 is 1.74 bits per heavy atom. The zero-order valence-electron chi connectivity index (χ0n) is 25.9. The number of carbonyl (C=O) groups is 2. The molecule has 2 aliphatic rings. The van der Waals surface area contributed by atoms with Crippen LogP contribution in [0.2, 0.25) is 0 Å². The Kier molecular flexibility index (Phi) is 9.06. The van der Waals surface area contributed by atoms with Crippen molar-refractivity contribution >= 4 is 40.3 Å². The Hall–Kier alpha value is -3.91. The van der Waals surface area contributed by atoms with Gasteiger partial charge in [-0.1, -0.05) is 57.5 Å². The van der Waals surface area contributed by atoms with E-state index < -0.39 is 17.7 Å². The molecule has 0 aromatic heterocycles. The van der Waals surface area contributed by atoms with Crippen molar-refractivity contribution in [2.24, 2.45) is 10.9 Å². The van der Waals surface area contributed by atoms with E-state index in [-0.39, 0.29) is 24.9 Å². The summed E-state index contributed by atoms with van der Waals surface area (Å²) in [5.41, 5.74) is 1.93. The molecule has 1 atom stereocenters. The molecule has 0 fully saturated rings. The van der Waals surface area contributed by atoms with Gasteiger partial charge in [-0.25, -0.2) is 0 Å². The molecule has 0 saturated carbocycles. The fraction of sp³-hybridized carbons (Fsp3) is 0.457. The van der Waals surface area contributed by atoms with Gasteiger partial charge in [-0.3, -0.25) is 14.6 Å². The number of anilines is 1. The molecule has 43 heavy (non-hydrogen) atoms. The van der Waals surface area contributed by atoms with Gasteiger partial charge in [0.25, 0.3) is 0 Å². The van der Waals surface area contributed by atoms with Crippen LogP contribution in [0.4, 0.5) is 11.4 Å². The maximum Gasteiger partial charge on any atom is 0.311 e. The lowest BCUT2D eigenvalue weighted by molar-refractivity contribution is -0.148. The van der Waals surface area contributed by atoms with Gasteiger partial charge in [0.05, 0.1) is 31.1 Å². The molecule has 5 rings (SSSR count). The van der Waals surface area contributed by atoms with E-state index in [4.69, 9.17) is 23.9 Å². The first kappa shape index (κ1) is 30.5. The summed E-state index contributed by atoms with van der Waals surface area (Å²) in [4.78, 5) is 31.9. The predicted molar refractivity (Wildman–Crippen MR) is 169 cm³/mol. The molecule has 0 saturated heterocycles. The molecule has 8 nitrogen and oxygen atoms in total. The number of carbonyl (C=O) groups excluding carboxylic acids is 2. The molecule has 3 aromatic rings. The van der Waals surface area contributed by atoms with Gasteiger partial charge >= 0.3 is 11.9 Å². The van der Waals surface area contributed by atoms with Gasteiger partial charge in [0, 0.05) is 24.2 Å². The van der Waals surface area contributed by atoms with Crippen LogP contribution in [0.1, 0.15) is 65.9 Å². The third kappa shape index (κ3) is 6.11. The van der Waals surface area contributed by atoms with Gasteiger partial charge in [-0.2, -0.15) is 0 Å². The topological polar surface area (TPSA) is 86.7 Å². The number of aliphatic imine (C=N–C) groups is 1. The maximum atomic E-state index is 12.5. The van der Waals surface area contributed by atoms with E-state index in [9.17, 15) is 9.59 Å². The summed E-state index contributed by atoms with van der Waals surface area (Å²) in [7, 11) is 0. The Morgan fingerprint density at radius 3 is 2.53 bits per heavy atom. The highest BCUT2D eigenvalue weighted by Gasteiger charge is 2.59. The summed E-state index contributed by atoms with van der Waals surface area (Å²) in [5, 5.41) is 1.77. The molecule has 3 aromatic carbocycles. The van der Waals surface area contributed by atoms with E-state index in [1.807, 2.05) is 24.4 Å². The van der Waals surface area contributed by atoms with Crippen molar-refractivity contribution in [3.8, 4) is 11.5 Å². The van der Waals surface area contributed by atoms with Gasteiger partial charge in [0.2, 0.25) is 5.72 Å². The monoisotopic (exact) mass is 586 g/mol. The first-order valence-electron chi connectivity index (χ1n) is 15.3. The van der Waals surface area contributed by atoms with Crippen molar-refractivity contribution in [1.82, 2.24) is 0 Å². The molecule has 0 N–H and O–H groups in total. The van der Waals surface area contributed by atoms with Crippen LogP contribution in [0.5, 0.6) is 11.5 Å². The number of hydrogen-bond acceptors (Lipinski definition) is 8. The lowest BCUT2D eigenvalue weighted by Gasteiger charge is -2.46. The molecule has 0 aliphatic carbocycles. The third-order valence-corrected chi connectivity index (χ3v) is 8.17. The van der Waals surface area contributed by atoms with E-state index >= 15 is 0 Å². The van der Waals surface area contributed by atoms with Gasteiger partial charge in [0.1, 0.15) is 23.8 Å². The van der Waals surface area contributed by atoms with E-state index in [1.165, 1.54) is 5.56 Å². The summed E-state index contributed by atoms with van der Waals surface area (Å²) in [6, 6.07) is 17.9. The van der Waals surface area contributed by atoms with E-state index in [0.29, 0.717) is 36.3 Å². The minimum atomic E-state index is -0.790. The lowest BCUT2D eigenvalue weighted by atomic mass is 9.77. The number of hydrogen-bond donors (Lipinski definition) is 0. The Morgan fingerprint density at radius 1 is 0.977 bits per heavy atom. The highest BCUT2D eigenvalue weighted by atomic mass is 16.6. The highest BCUT2D eigenvalue weighted by molar-refractivity contribution is 6.00. The Labute approximate surface area is 254 Å². The summed E-state index contributed by atoms with van der Waals surface area (Å²) in [5.74, 6) is 0.516. The van der Waals surface area contributed by atoms with Crippen LogP contribution in [0.3, 0.4) is 0 Å². The number of nitrogens with zero attached hydrogens (tertiary/aromatic N) is 2. The smallest absolute Gasteiger partial charge is 0.311 e. The number of ether oxygens (including phenoxy) is 4. The Balaban J connectivity index is 1.30. The molecule has 0 radical (unpaired) electrons. The van der Waals surface area contributed by atoms with Crippen LogP contribution in [0.25, 0.3) is 10.8 Å². The van der Waals surface area contributed by atoms with Gasteiger partial charge in [-0.15, -0.1) is 0 Å². The molecule has 2 aliphatic heterocycles. The number of esters is 2. The van der Waals surface area contributed by atoms with Crippen LogP contribution in [-0.2, 0) is 24.5 Å². The van der Waals surface area contributed by atoms with Crippen molar-refractivity contribution in [3.63, 3.8) is 0 Å². The SMILES string of the molecule is CCCCOCCOC(=O)CCC(=O)Oc1ccc2ccc3c(c2c1)N=CC1(O3)N(CC(C)C)c2ccccc2C1(C)C. The van der Waals surface area contributed by atoms with Crippen LogP contribution in [0, 0.1) is 5.92 Å². The van der Waals surface area contributed by atoms with Crippen molar-refractivity contribution < 1.29 is 28.5 Å². The van der Waals surface area contributed by atoms with E-state index in [0.717, 1.165) is 35.8 Å². The quantitative estimate of drug-likeness (QED) is 0.127. The highest BCUT2D eigenvalue weighted by Crippen LogP contribution is 2.55. The van der Waals surface area contributed by atoms with Crippen molar-refractivity contribution in [2.45, 2.75) is 71.4 Å². The molecule has 228 valence electrons. The number of benzene rings is 3. The first-order valence-corrected chi connectivity index (χ1v) is 15.3. The molecule has 2 heterocycles. The zero-order valence-corrected chi connectivity index (χ0v) is 25.9. The van der Waals surface area contributed by atoms with Gasteiger partial charge in [-0.05, 0) is 61.4 Å². The minimum Gasteiger partial charge on any atom is -0.463 e. The fourth-order valence-electron chi connectivity index (χ4n) is 5.87. The number of para-hydroxylation sites is 1. The molecule has 0 amide bonds. The second-order valence-electron chi connectivity index (χ2n) is 12.2. The first-order chi connectivity index (χ1) is 20.7. The van der Waals surface area contributed by atoms with Crippen LogP contribution in [-0.4, -0.2) is 50.2 Å². The largest absolute Gasteiger partial charge is 0.463 e. The van der Waals surface area contributed by atoms with Crippen molar-refractivity contribution in [1.29, 1.82) is 0 Å². The summed E-state index contributed by atoms with van der Waals surface area (Å²) < 4.78 is 23.1. The van der Waals surface area contributed by atoms with E-state index in [2.05, 4.69) is 63.8 Å². The second kappa shape index (κ2) is 12.8. The summed E-state index contributed by atoms with van der Waals surface area (Å²) in [6.45, 7) is 12.9. The third-order valence-electron chi connectivity index (χ3n) is 8.17. The molecular formula is C35H42N2O6. The van der Waals surface area contributed by atoms with Gasteiger partial charge < -0.3 is 23.8 Å². The average Bonchev–Trinajstić information content (AvgIpc) is 3.16. The molecular weight excluding hydrogens is 544 g/mol. The Bertz CT molecular complexity index is 1510. The fourth-order valence-corrected chi connectivity index (χ4v) is 5.87. The second-order valence-corrected chi connectivity index (χ2v) is 12.2. The average molecular weight is 587 g/mol. The summed E-state index contributed by atoms with van der Waals surface area (Å²) in [6.07, 6.45) is 3.83. The maximum absolute atomic E-state index is 12.5. The van der Waals surface area contributed by atoms with Crippen molar-refractivity contribution in [3.05, 3.63) is 60.2 Å². The molecule has 8 heteroatoms. The molecule has 0 bridgehead atoms. The molecule has 1 spiro atoms. The number of fused-ring (bicyclic) bond motifs is 4. The van der Waals surface area contributed by atoms with Gasteiger partial charge in [0.15, 0.2) is 0 Å². The van der Waals surface area contributed by atoms with E-state index in [1.54, 1.807) is 12.1 Å². The van der Waals surface area contributed by atoms with Crippen LogP contribution in [0.15, 0.2) is 59.6 Å². The molecule has 1 unspecified atom stereocenters. The number of unbranched alkanes of at least 4 members (excludes halogenated alkanes) is 1. The minimum absolute atomic E-state index is 0.0535. The van der Waals surface area contributed by atoms with Crippen molar-refractivity contribution in [2.75, 3.05) is 31.3 Å². The number of rotatable bonds is 12. The summed E-state index contributed by atoms with van der Waals surface area (Å²) >= 11 is 0. The lowest BCUT2D eigenvalue weighted by Crippen LogP contribution is -2.62. The normalized spacial score (nSPS) is 18.0. The standard InChI is InChI=1S/C35H42N2O6/c1-6-7-18-40-19-20-41-31(38)16-17-32(39)42-26-14-12-25-13-15-30-33(27(25)21-26)36-23-35(43-30)34(4,5)28-10-8-9-11-29(28)37(35)22-24(2)3/h8-15,21,23-24H,6-7,16-20,22H2,1-5H3. The van der Waals surface area contributed by atoms with Crippen LogP contribution >= 0.6 is 0 Å². The zero-order chi connectivity index (χ0) is 30.6.